The third-order valence-corrected chi connectivity index (χ3v) is 2.01. The van der Waals surface area contributed by atoms with Gasteiger partial charge in [0.15, 0.2) is 5.76 Å². The standard InChI is InChI=1S/C10H11N3O2/c1-7-8(6-13(2)12-7)11-10(14)9-4-3-5-15-9/h3-6H,1-2H3,(H,11,14). The summed E-state index contributed by atoms with van der Waals surface area (Å²) in [4.78, 5) is 11.6. The Morgan fingerprint density at radius 3 is 2.93 bits per heavy atom. The highest BCUT2D eigenvalue weighted by molar-refractivity contribution is 6.02. The van der Waals surface area contributed by atoms with Crippen molar-refractivity contribution >= 4 is 11.6 Å². The van der Waals surface area contributed by atoms with Crippen LogP contribution in [-0.4, -0.2) is 15.7 Å². The first-order valence-electron chi connectivity index (χ1n) is 4.52. The number of rotatable bonds is 2. The van der Waals surface area contributed by atoms with Gasteiger partial charge in [-0.25, -0.2) is 0 Å². The average molecular weight is 205 g/mol. The van der Waals surface area contributed by atoms with Gasteiger partial charge in [-0.2, -0.15) is 5.10 Å². The molecule has 15 heavy (non-hydrogen) atoms. The number of hydrogen-bond donors (Lipinski definition) is 1. The zero-order valence-corrected chi connectivity index (χ0v) is 8.52. The van der Waals surface area contributed by atoms with Crippen LogP contribution in [0.25, 0.3) is 0 Å². The Labute approximate surface area is 86.7 Å². The molecule has 0 aliphatic rings. The van der Waals surface area contributed by atoms with Gasteiger partial charge in [-0.15, -0.1) is 0 Å². The highest BCUT2D eigenvalue weighted by Gasteiger charge is 2.11. The van der Waals surface area contributed by atoms with E-state index in [9.17, 15) is 4.79 Å². The van der Waals surface area contributed by atoms with Crippen molar-refractivity contribution in [2.75, 3.05) is 5.32 Å². The molecule has 1 amide bonds. The van der Waals surface area contributed by atoms with E-state index in [1.807, 2.05) is 6.92 Å². The van der Waals surface area contributed by atoms with Crippen molar-refractivity contribution in [2.24, 2.45) is 7.05 Å². The van der Waals surface area contributed by atoms with Gasteiger partial charge in [-0.05, 0) is 19.1 Å². The number of aryl methyl sites for hydroxylation is 2. The quantitative estimate of drug-likeness (QED) is 0.809. The molecule has 5 nitrogen and oxygen atoms in total. The highest BCUT2D eigenvalue weighted by atomic mass is 16.3. The van der Waals surface area contributed by atoms with E-state index in [2.05, 4.69) is 10.4 Å². The lowest BCUT2D eigenvalue weighted by atomic mass is 10.3. The Balaban J connectivity index is 2.16. The molecule has 0 saturated heterocycles. The van der Waals surface area contributed by atoms with Crippen molar-refractivity contribution in [3.63, 3.8) is 0 Å². The molecular formula is C10H11N3O2. The summed E-state index contributed by atoms with van der Waals surface area (Å²) in [7, 11) is 1.80. The number of aromatic nitrogens is 2. The van der Waals surface area contributed by atoms with Crippen LogP contribution < -0.4 is 5.32 Å². The molecule has 78 valence electrons. The Kier molecular flexibility index (Phi) is 2.29. The lowest BCUT2D eigenvalue weighted by Crippen LogP contribution is -2.10. The molecule has 2 heterocycles. The molecule has 0 aliphatic carbocycles. The first-order valence-corrected chi connectivity index (χ1v) is 4.52. The molecule has 0 fully saturated rings. The fourth-order valence-corrected chi connectivity index (χ4v) is 1.31. The summed E-state index contributed by atoms with van der Waals surface area (Å²) in [5.41, 5.74) is 1.47. The maximum Gasteiger partial charge on any atom is 0.291 e. The summed E-state index contributed by atoms with van der Waals surface area (Å²) in [6.45, 7) is 1.83. The van der Waals surface area contributed by atoms with Crippen molar-refractivity contribution in [2.45, 2.75) is 6.92 Å². The first-order chi connectivity index (χ1) is 7.16. The number of carbonyl (C=O) groups is 1. The fraction of sp³-hybridized carbons (Fsp3) is 0.200. The maximum absolute atomic E-state index is 11.6. The average Bonchev–Trinajstić information content (AvgIpc) is 2.76. The van der Waals surface area contributed by atoms with E-state index < -0.39 is 0 Å². The maximum atomic E-state index is 11.6. The second-order valence-electron chi connectivity index (χ2n) is 3.23. The van der Waals surface area contributed by atoms with Crippen molar-refractivity contribution in [3.05, 3.63) is 36.0 Å². The van der Waals surface area contributed by atoms with E-state index in [-0.39, 0.29) is 5.91 Å². The lowest BCUT2D eigenvalue weighted by Gasteiger charge is -1.99. The van der Waals surface area contributed by atoms with Crippen LogP contribution in [0.2, 0.25) is 0 Å². The number of anilines is 1. The number of furan rings is 1. The summed E-state index contributed by atoms with van der Waals surface area (Å²) >= 11 is 0. The van der Waals surface area contributed by atoms with E-state index in [0.717, 1.165) is 5.69 Å². The second kappa shape index (κ2) is 3.61. The monoisotopic (exact) mass is 205 g/mol. The van der Waals surface area contributed by atoms with Gasteiger partial charge in [0.05, 0.1) is 17.6 Å². The number of nitrogens with zero attached hydrogens (tertiary/aromatic N) is 2. The van der Waals surface area contributed by atoms with Crippen LogP contribution in [0.1, 0.15) is 16.2 Å². The molecule has 0 bridgehead atoms. The normalized spacial score (nSPS) is 10.3. The molecule has 1 N–H and O–H groups in total. The van der Waals surface area contributed by atoms with Gasteiger partial charge >= 0.3 is 0 Å². The number of amides is 1. The van der Waals surface area contributed by atoms with Crippen LogP contribution in [0.3, 0.4) is 0 Å². The minimum absolute atomic E-state index is 0.267. The van der Waals surface area contributed by atoms with Crippen LogP contribution in [0.5, 0.6) is 0 Å². The molecule has 0 radical (unpaired) electrons. The zero-order chi connectivity index (χ0) is 10.8. The third kappa shape index (κ3) is 1.90. The molecular weight excluding hydrogens is 194 g/mol. The fourth-order valence-electron chi connectivity index (χ4n) is 1.31. The minimum Gasteiger partial charge on any atom is -0.459 e. The first kappa shape index (κ1) is 9.51. The van der Waals surface area contributed by atoms with Gasteiger partial charge in [0.1, 0.15) is 0 Å². The van der Waals surface area contributed by atoms with Crippen LogP contribution in [0.15, 0.2) is 29.0 Å². The lowest BCUT2D eigenvalue weighted by molar-refractivity contribution is 0.0996. The second-order valence-corrected chi connectivity index (χ2v) is 3.23. The van der Waals surface area contributed by atoms with E-state index in [0.29, 0.717) is 11.4 Å². The number of carbonyl (C=O) groups excluding carboxylic acids is 1. The molecule has 0 unspecified atom stereocenters. The SMILES string of the molecule is Cc1nn(C)cc1NC(=O)c1ccco1. The van der Waals surface area contributed by atoms with Crippen molar-refractivity contribution in [1.29, 1.82) is 0 Å². The molecule has 2 rings (SSSR count). The summed E-state index contributed by atoms with van der Waals surface area (Å²) in [5.74, 6) is 0.0225. The van der Waals surface area contributed by atoms with Crippen LogP contribution in [-0.2, 0) is 7.05 Å². The van der Waals surface area contributed by atoms with Gasteiger partial charge in [0.25, 0.3) is 5.91 Å². The van der Waals surface area contributed by atoms with E-state index in [1.54, 1.807) is 30.1 Å². The largest absolute Gasteiger partial charge is 0.459 e. The van der Waals surface area contributed by atoms with E-state index in [4.69, 9.17) is 4.42 Å². The Hall–Kier alpha value is -2.04. The Morgan fingerprint density at radius 2 is 2.40 bits per heavy atom. The Bertz CT molecular complexity index is 471. The van der Waals surface area contributed by atoms with Crippen molar-refractivity contribution < 1.29 is 9.21 Å². The predicted octanol–water partition coefficient (Wildman–Crippen LogP) is 1.57. The van der Waals surface area contributed by atoms with E-state index in [1.165, 1.54) is 6.26 Å². The van der Waals surface area contributed by atoms with Gasteiger partial charge in [0, 0.05) is 13.2 Å². The van der Waals surface area contributed by atoms with Gasteiger partial charge in [-0.3, -0.25) is 9.48 Å². The minimum atomic E-state index is -0.267. The van der Waals surface area contributed by atoms with Crippen molar-refractivity contribution in [1.82, 2.24) is 9.78 Å². The highest BCUT2D eigenvalue weighted by Crippen LogP contribution is 2.13. The molecule has 0 aliphatic heterocycles. The van der Waals surface area contributed by atoms with E-state index >= 15 is 0 Å². The summed E-state index contributed by atoms with van der Waals surface area (Å²) in [6, 6.07) is 3.28. The molecule has 0 aromatic carbocycles. The topological polar surface area (TPSA) is 60.1 Å². The molecule has 5 heteroatoms. The smallest absolute Gasteiger partial charge is 0.291 e. The molecule has 0 atom stereocenters. The predicted molar refractivity (Wildman–Crippen MR) is 54.6 cm³/mol. The van der Waals surface area contributed by atoms with Crippen LogP contribution in [0, 0.1) is 6.92 Å². The molecule has 2 aromatic rings. The zero-order valence-electron chi connectivity index (χ0n) is 8.52. The molecule has 0 spiro atoms. The number of hydrogen-bond acceptors (Lipinski definition) is 3. The summed E-state index contributed by atoms with van der Waals surface area (Å²) in [5, 5.41) is 6.83. The Morgan fingerprint density at radius 1 is 1.60 bits per heavy atom. The van der Waals surface area contributed by atoms with Gasteiger partial charge in [-0.1, -0.05) is 0 Å². The number of nitrogens with one attached hydrogen (secondary N) is 1. The van der Waals surface area contributed by atoms with Crippen LogP contribution in [0.4, 0.5) is 5.69 Å². The molecule has 0 saturated carbocycles. The van der Waals surface area contributed by atoms with Crippen LogP contribution >= 0.6 is 0 Å². The third-order valence-electron chi connectivity index (χ3n) is 2.01. The summed E-state index contributed by atoms with van der Waals surface area (Å²) < 4.78 is 6.62. The molecule has 2 aromatic heterocycles. The van der Waals surface area contributed by atoms with Gasteiger partial charge in [0.2, 0.25) is 0 Å². The van der Waals surface area contributed by atoms with Crippen molar-refractivity contribution in [3.8, 4) is 0 Å². The van der Waals surface area contributed by atoms with Gasteiger partial charge < -0.3 is 9.73 Å². The summed E-state index contributed by atoms with van der Waals surface area (Å²) in [6.07, 6.45) is 3.21.